The monoisotopic (exact) mass is 320 g/mol. The van der Waals surface area contributed by atoms with Gasteiger partial charge in [0.05, 0.1) is 23.2 Å². The molecular formula is C13H18Cl2N2O3. The van der Waals surface area contributed by atoms with Crippen LogP contribution in [0.2, 0.25) is 5.02 Å². The van der Waals surface area contributed by atoms with Crippen molar-refractivity contribution in [1.82, 2.24) is 4.90 Å². The van der Waals surface area contributed by atoms with Gasteiger partial charge in [-0.25, -0.2) is 0 Å². The van der Waals surface area contributed by atoms with Crippen LogP contribution in [0.4, 0.5) is 5.69 Å². The topological polar surface area (TPSA) is 69.6 Å². The molecule has 0 fully saturated rings. The van der Waals surface area contributed by atoms with Crippen LogP contribution in [0.15, 0.2) is 24.3 Å². The number of amides is 1. The third kappa shape index (κ3) is 5.77. The van der Waals surface area contributed by atoms with Gasteiger partial charge in [-0.05, 0) is 26.1 Å². The van der Waals surface area contributed by atoms with E-state index >= 15 is 0 Å². The number of carbonyl (C=O) groups excluding carboxylic acids is 1. The average Bonchev–Trinajstić information content (AvgIpc) is 2.37. The van der Waals surface area contributed by atoms with Crippen molar-refractivity contribution in [3.63, 3.8) is 0 Å². The van der Waals surface area contributed by atoms with Crippen LogP contribution in [0.3, 0.4) is 0 Å². The summed E-state index contributed by atoms with van der Waals surface area (Å²) in [5.41, 5.74) is 0.549. The molecule has 1 amide bonds. The number of rotatable bonds is 6. The van der Waals surface area contributed by atoms with Crippen LogP contribution < -0.4 is 5.32 Å². The van der Waals surface area contributed by atoms with Gasteiger partial charge in [-0.2, -0.15) is 0 Å². The average molecular weight is 321 g/mol. The molecule has 1 aromatic rings. The lowest BCUT2D eigenvalue weighted by Crippen LogP contribution is -2.40. The number of benzene rings is 1. The molecule has 2 N–H and O–H groups in total. The SMILES string of the molecule is CC(C(=O)Nc1ccccc1Cl)N(C)CCC(=O)O.Cl. The fourth-order valence-electron chi connectivity index (χ4n) is 1.47. The van der Waals surface area contributed by atoms with Crippen LogP contribution in [0.5, 0.6) is 0 Å². The summed E-state index contributed by atoms with van der Waals surface area (Å²) in [4.78, 5) is 24.2. The summed E-state index contributed by atoms with van der Waals surface area (Å²) >= 11 is 5.95. The van der Waals surface area contributed by atoms with E-state index in [1.54, 1.807) is 43.1 Å². The Morgan fingerprint density at radius 1 is 1.40 bits per heavy atom. The number of carbonyl (C=O) groups is 2. The van der Waals surface area contributed by atoms with Crippen molar-refractivity contribution in [3.8, 4) is 0 Å². The van der Waals surface area contributed by atoms with Gasteiger partial charge in [-0.3, -0.25) is 14.5 Å². The number of carboxylic acid groups (broad SMARTS) is 1. The lowest BCUT2D eigenvalue weighted by atomic mass is 10.2. The van der Waals surface area contributed by atoms with E-state index in [2.05, 4.69) is 5.32 Å². The molecule has 0 aliphatic carbocycles. The van der Waals surface area contributed by atoms with E-state index in [0.717, 1.165) is 0 Å². The zero-order valence-electron chi connectivity index (χ0n) is 11.3. The minimum absolute atomic E-state index is 0. The zero-order chi connectivity index (χ0) is 14.4. The summed E-state index contributed by atoms with van der Waals surface area (Å²) in [5.74, 6) is -1.11. The van der Waals surface area contributed by atoms with Gasteiger partial charge in [0.1, 0.15) is 0 Å². The van der Waals surface area contributed by atoms with Crippen molar-refractivity contribution in [2.24, 2.45) is 0 Å². The van der Waals surface area contributed by atoms with Gasteiger partial charge in [-0.1, -0.05) is 23.7 Å². The predicted octanol–water partition coefficient (Wildman–Crippen LogP) is 2.50. The highest BCUT2D eigenvalue weighted by Gasteiger charge is 2.19. The number of hydrogen-bond donors (Lipinski definition) is 2. The number of nitrogens with one attached hydrogen (secondary N) is 1. The Morgan fingerprint density at radius 2 is 2.00 bits per heavy atom. The van der Waals surface area contributed by atoms with Crippen molar-refractivity contribution < 1.29 is 14.7 Å². The molecule has 1 atom stereocenters. The largest absolute Gasteiger partial charge is 0.481 e. The molecule has 0 heterocycles. The van der Waals surface area contributed by atoms with E-state index in [9.17, 15) is 9.59 Å². The Morgan fingerprint density at radius 3 is 2.55 bits per heavy atom. The molecule has 0 aliphatic heterocycles. The lowest BCUT2D eigenvalue weighted by Gasteiger charge is -2.23. The Labute approximate surface area is 129 Å². The molecular weight excluding hydrogens is 303 g/mol. The predicted molar refractivity (Wildman–Crippen MR) is 81.7 cm³/mol. The molecule has 1 rings (SSSR count). The Balaban J connectivity index is 0.00000361. The smallest absolute Gasteiger partial charge is 0.304 e. The molecule has 0 spiro atoms. The molecule has 5 nitrogen and oxygen atoms in total. The second kappa shape index (κ2) is 8.79. The molecule has 0 aromatic heterocycles. The summed E-state index contributed by atoms with van der Waals surface area (Å²) < 4.78 is 0. The number of anilines is 1. The summed E-state index contributed by atoms with van der Waals surface area (Å²) in [6, 6.07) is 6.52. The molecule has 0 radical (unpaired) electrons. The first-order valence-corrected chi connectivity index (χ1v) is 6.27. The van der Waals surface area contributed by atoms with E-state index in [1.807, 2.05) is 0 Å². The maximum atomic E-state index is 12.0. The van der Waals surface area contributed by atoms with E-state index in [4.69, 9.17) is 16.7 Å². The fraction of sp³-hybridized carbons (Fsp3) is 0.385. The Hall–Kier alpha value is -1.30. The number of hydrogen-bond acceptors (Lipinski definition) is 3. The summed E-state index contributed by atoms with van der Waals surface area (Å²) in [6.07, 6.45) is 0.000211. The molecule has 1 aromatic carbocycles. The maximum Gasteiger partial charge on any atom is 0.304 e. The molecule has 1 unspecified atom stereocenters. The number of carboxylic acids is 1. The minimum Gasteiger partial charge on any atom is -0.481 e. The molecule has 0 aliphatic rings. The first-order chi connectivity index (χ1) is 8.91. The second-order valence-corrected chi connectivity index (χ2v) is 4.68. The van der Waals surface area contributed by atoms with Crippen LogP contribution in [-0.2, 0) is 9.59 Å². The van der Waals surface area contributed by atoms with Gasteiger partial charge in [-0.15, -0.1) is 12.4 Å². The normalized spacial score (nSPS) is 11.6. The third-order valence-electron chi connectivity index (χ3n) is 2.85. The molecule has 0 saturated carbocycles. The fourth-order valence-corrected chi connectivity index (χ4v) is 1.65. The highest BCUT2D eigenvalue weighted by atomic mass is 35.5. The van der Waals surface area contributed by atoms with E-state index in [-0.39, 0.29) is 24.7 Å². The van der Waals surface area contributed by atoms with Gasteiger partial charge < -0.3 is 10.4 Å². The summed E-state index contributed by atoms with van der Waals surface area (Å²) in [6.45, 7) is 2.03. The van der Waals surface area contributed by atoms with Gasteiger partial charge >= 0.3 is 5.97 Å². The highest BCUT2D eigenvalue weighted by molar-refractivity contribution is 6.33. The van der Waals surface area contributed by atoms with Crippen LogP contribution in [0, 0.1) is 0 Å². The van der Waals surface area contributed by atoms with Crippen LogP contribution in [0.25, 0.3) is 0 Å². The Kier molecular flexibility index (Phi) is 8.22. The van der Waals surface area contributed by atoms with E-state index < -0.39 is 12.0 Å². The second-order valence-electron chi connectivity index (χ2n) is 4.27. The summed E-state index contributed by atoms with van der Waals surface area (Å²) in [5, 5.41) is 11.8. The molecule has 0 saturated heterocycles. The van der Waals surface area contributed by atoms with E-state index in [1.165, 1.54) is 0 Å². The van der Waals surface area contributed by atoms with Gasteiger partial charge in [0.2, 0.25) is 5.91 Å². The molecule has 0 bridgehead atoms. The number of halogens is 2. The first kappa shape index (κ1) is 18.7. The van der Waals surface area contributed by atoms with Crippen molar-refractivity contribution in [3.05, 3.63) is 29.3 Å². The quantitative estimate of drug-likeness (QED) is 0.845. The van der Waals surface area contributed by atoms with Gasteiger partial charge in [0, 0.05) is 6.54 Å². The van der Waals surface area contributed by atoms with Gasteiger partial charge in [0.15, 0.2) is 0 Å². The Bertz CT molecular complexity index is 469. The van der Waals surface area contributed by atoms with Crippen molar-refractivity contribution in [2.45, 2.75) is 19.4 Å². The molecule has 20 heavy (non-hydrogen) atoms. The van der Waals surface area contributed by atoms with Gasteiger partial charge in [0.25, 0.3) is 0 Å². The highest BCUT2D eigenvalue weighted by Crippen LogP contribution is 2.20. The zero-order valence-corrected chi connectivity index (χ0v) is 12.9. The van der Waals surface area contributed by atoms with Crippen molar-refractivity contribution in [1.29, 1.82) is 0 Å². The van der Waals surface area contributed by atoms with E-state index in [0.29, 0.717) is 17.3 Å². The third-order valence-corrected chi connectivity index (χ3v) is 3.18. The standard InChI is InChI=1S/C13H17ClN2O3.ClH/c1-9(16(2)8-7-12(17)18)13(19)15-11-6-4-3-5-10(11)14;/h3-6,9H,7-8H2,1-2H3,(H,15,19)(H,17,18);1H. The molecule has 112 valence electrons. The molecule has 7 heteroatoms. The number of aliphatic carboxylic acids is 1. The first-order valence-electron chi connectivity index (χ1n) is 5.89. The maximum absolute atomic E-state index is 12.0. The van der Waals surface area contributed by atoms with Crippen LogP contribution >= 0.6 is 24.0 Å². The number of nitrogens with zero attached hydrogens (tertiary/aromatic N) is 1. The lowest BCUT2D eigenvalue weighted by molar-refractivity contribution is -0.137. The minimum atomic E-state index is -0.884. The van der Waals surface area contributed by atoms with Crippen molar-refractivity contribution in [2.75, 3.05) is 18.9 Å². The number of likely N-dealkylation sites (N-methyl/N-ethyl adjacent to an activating group) is 1. The number of para-hydroxylation sites is 1. The van der Waals surface area contributed by atoms with Crippen LogP contribution in [-0.4, -0.2) is 41.5 Å². The van der Waals surface area contributed by atoms with Crippen LogP contribution in [0.1, 0.15) is 13.3 Å². The van der Waals surface area contributed by atoms with Crippen molar-refractivity contribution >= 4 is 41.6 Å². The summed E-state index contributed by atoms with van der Waals surface area (Å²) in [7, 11) is 1.71.